The highest BCUT2D eigenvalue weighted by Gasteiger charge is 2.09. The van der Waals surface area contributed by atoms with E-state index in [0.717, 1.165) is 15.2 Å². The average molecular weight is 287 g/mol. The first-order valence-corrected chi connectivity index (χ1v) is 6.37. The predicted molar refractivity (Wildman–Crippen MR) is 61.5 cm³/mol. The molecular formula is C10H7BrO3S. The molecule has 5 heteroatoms. The molecule has 0 aromatic heterocycles. The number of fused-ring (bicyclic) bond motifs is 1. The van der Waals surface area contributed by atoms with Gasteiger partial charge in [-0.3, -0.25) is 4.55 Å². The maximum atomic E-state index is 10.9. The van der Waals surface area contributed by atoms with Crippen LogP contribution < -0.4 is 0 Å². The van der Waals surface area contributed by atoms with Crippen molar-refractivity contribution in [2.24, 2.45) is 0 Å². The van der Waals surface area contributed by atoms with Crippen LogP contribution in [0.25, 0.3) is 10.8 Å². The van der Waals surface area contributed by atoms with Gasteiger partial charge in [0.15, 0.2) is 0 Å². The highest BCUT2D eigenvalue weighted by Crippen LogP contribution is 2.22. The van der Waals surface area contributed by atoms with Crippen molar-refractivity contribution < 1.29 is 13.0 Å². The molecule has 78 valence electrons. The van der Waals surface area contributed by atoms with Crippen molar-refractivity contribution in [3.63, 3.8) is 0 Å². The van der Waals surface area contributed by atoms with Gasteiger partial charge in [0.1, 0.15) is 0 Å². The van der Waals surface area contributed by atoms with Gasteiger partial charge in [-0.25, -0.2) is 0 Å². The molecule has 0 aliphatic rings. The molecule has 15 heavy (non-hydrogen) atoms. The Morgan fingerprint density at radius 2 is 1.60 bits per heavy atom. The second-order valence-electron chi connectivity index (χ2n) is 3.13. The van der Waals surface area contributed by atoms with Crippen LogP contribution in [0, 0.1) is 0 Å². The molecule has 2 aromatic rings. The minimum absolute atomic E-state index is 0.0858. The van der Waals surface area contributed by atoms with Crippen molar-refractivity contribution in [2.75, 3.05) is 0 Å². The van der Waals surface area contributed by atoms with E-state index < -0.39 is 10.1 Å². The molecule has 0 aliphatic carbocycles. The Bertz CT molecular complexity index is 620. The number of halogens is 1. The Kier molecular flexibility index (Phi) is 2.54. The summed E-state index contributed by atoms with van der Waals surface area (Å²) >= 11 is 3.32. The van der Waals surface area contributed by atoms with Crippen LogP contribution in [0.5, 0.6) is 0 Å². The first-order valence-electron chi connectivity index (χ1n) is 4.14. The summed E-state index contributed by atoms with van der Waals surface area (Å²) in [6.07, 6.45) is 0. The Morgan fingerprint density at radius 1 is 1.00 bits per heavy atom. The SMILES string of the molecule is O=S(=O)(O)c1ccc2cc(Br)ccc2c1. The lowest BCUT2D eigenvalue weighted by Gasteiger charge is -2.01. The second kappa shape index (κ2) is 3.59. The van der Waals surface area contributed by atoms with E-state index in [4.69, 9.17) is 4.55 Å². The Hall–Kier alpha value is -0.910. The quantitative estimate of drug-likeness (QED) is 0.820. The molecule has 0 bridgehead atoms. The van der Waals surface area contributed by atoms with Gasteiger partial charge in [-0.15, -0.1) is 0 Å². The first kappa shape index (κ1) is 10.6. The van der Waals surface area contributed by atoms with Gasteiger partial charge < -0.3 is 0 Å². The molecular weight excluding hydrogens is 280 g/mol. The third-order valence-electron chi connectivity index (χ3n) is 2.07. The lowest BCUT2D eigenvalue weighted by atomic mass is 10.1. The van der Waals surface area contributed by atoms with Gasteiger partial charge in [0.05, 0.1) is 4.90 Å². The monoisotopic (exact) mass is 286 g/mol. The summed E-state index contributed by atoms with van der Waals surface area (Å²) in [5.41, 5.74) is 0. The summed E-state index contributed by atoms with van der Waals surface area (Å²) in [5.74, 6) is 0. The smallest absolute Gasteiger partial charge is 0.282 e. The van der Waals surface area contributed by atoms with Crippen molar-refractivity contribution >= 4 is 36.8 Å². The lowest BCUT2D eigenvalue weighted by molar-refractivity contribution is 0.483. The third-order valence-corrected chi connectivity index (χ3v) is 3.41. The van der Waals surface area contributed by atoms with Crippen LogP contribution in [0.1, 0.15) is 0 Å². The fraction of sp³-hybridized carbons (Fsp3) is 0. The molecule has 0 saturated heterocycles. The van der Waals surface area contributed by atoms with Gasteiger partial charge >= 0.3 is 0 Å². The molecule has 0 radical (unpaired) electrons. The van der Waals surface area contributed by atoms with Crippen molar-refractivity contribution in [3.05, 3.63) is 40.9 Å². The van der Waals surface area contributed by atoms with Crippen LogP contribution in [0.3, 0.4) is 0 Å². The van der Waals surface area contributed by atoms with E-state index >= 15 is 0 Å². The zero-order valence-corrected chi connectivity index (χ0v) is 9.92. The molecule has 0 atom stereocenters. The van der Waals surface area contributed by atoms with Crippen LogP contribution in [0.15, 0.2) is 45.8 Å². The fourth-order valence-corrected chi connectivity index (χ4v) is 2.25. The molecule has 0 fully saturated rings. The number of benzene rings is 2. The van der Waals surface area contributed by atoms with Crippen LogP contribution in [0.4, 0.5) is 0 Å². The maximum Gasteiger partial charge on any atom is 0.294 e. The zero-order valence-electron chi connectivity index (χ0n) is 7.51. The molecule has 0 unspecified atom stereocenters. The van der Waals surface area contributed by atoms with Gasteiger partial charge in [-0.1, -0.05) is 28.1 Å². The highest BCUT2D eigenvalue weighted by molar-refractivity contribution is 9.10. The van der Waals surface area contributed by atoms with Crippen molar-refractivity contribution in [3.8, 4) is 0 Å². The van der Waals surface area contributed by atoms with E-state index in [2.05, 4.69) is 15.9 Å². The van der Waals surface area contributed by atoms with E-state index in [9.17, 15) is 8.42 Å². The molecule has 2 aromatic carbocycles. The molecule has 0 spiro atoms. The van der Waals surface area contributed by atoms with Crippen molar-refractivity contribution in [2.45, 2.75) is 4.90 Å². The van der Waals surface area contributed by atoms with Crippen LogP contribution >= 0.6 is 15.9 Å². The number of rotatable bonds is 1. The molecule has 0 heterocycles. The number of hydrogen-bond donors (Lipinski definition) is 1. The zero-order chi connectivity index (χ0) is 11.1. The molecule has 0 saturated carbocycles. The topological polar surface area (TPSA) is 54.4 Å². The second-order valence-corrected chi connectivity index (χ2v) is 5.47. The lowest BCUT2D eigenvalue weighted by Crippen LogP contribution is -1.97. The van der Waals surface area contributed by atoms with Crippen molar-refractivity contribution in [1.29, 1.82) is 0 Å². The Labute approximate surface area is 95.6 Å². The summed E-state index contributed by atoms with van der Waals surface area (Å²) in [5, 5.41) is 1.69. The van der Waals surface area contributed by atoms with Gasteiger partial charge in [0, 0.05) is 4.47 Å². The first-order chi connectivity index (χ1) is 6.97. The van der Waals surface area contributed by atoms with Crippen molar-refractivity contribution in [1.82, 2.24) is 0 Å². The highest BCUT2D eigenvalue weighted by atomic mass is 79.9. The molecule has 1 N–H and O–H groups in total. The summed E-state index contributed by atoms with van der Waals surface area (Å²) in [4.78, 5) is -0.0858. The van der Waals surface area contributed by atoms with Gasteiger partial charge in [0.25, 0.3) is 10.1 Å². The van der Waals surface area contributed by atoms with E-state index in [1.165, 1.54) is 12.1 Å². The minimum atomic E-state index is -4.12. The molecule has 2 rings (SSSR count). The van der Waals surface area contributed by atoms with Gasteiger partial charge in [0.2, 0.25) is 0 Å². The Balaban J connectivity index is 2.73. The molecule has 0 amide bonds. The Morgan fingerprint density at radius 3 is 2.27 bits per heavy atom. The molecule has 0 aliphatic heterocycles. The number of hydrogen-bond acceptors (Lipinski definition) is 2. The largest absolute Gasteiger partial charge is 0.294 e. The summed E-state index contributed by atoms with van der Waals surface area (Å²) in [6, 6.07) is 9.96. The molecule has 3 nitrogen and oxygen atoms in total. The van der Waals surface area contributed by atoms with E-state index in [0.29, 0.717) is 0 Å². The van der Waals surface area contributed by atoms with Gasteiger partial charge in [-0.05, 0) is 35.0 Å². The predicted octanol–water partition coefficient (Wildman–Crippen LogP) is 2.85. The third kappa shape index (κ3) is 2.19. The summed E-state index contributed by atoms with van der Waals surface area (Å²) in [6.45, 7) is 0. The average Bonchev–Trinajstić information content (AvgIpc) is 2.15. The minimum Gasteiger partial charge on any atom is -0.282 e. The maximum absolute atomic E-state index is 10.9. The van der Waals surface area contributed by atoms with E-state index in [1.807, 2.05) is 12.1 Å². The summed E-state index contributed by atoms with van der Waals surface area (Å²) in [7, 11) is -4.12. The van der Waals surface area contributed by atoms with Gasteiger partial charge in [-0.2, -0.15) is 8.42 Å². The fourth-order valence-electron chi connectivity index (χ4n) is 1.36. The van der Waals surface area contributed by atoms with Crippen LogP contribution in [0.2, 0.25) is 0 Å². The van der Waals surface area contributed by atoms with Crippen LogP contribution in [-0.2, 0) is 10.1 Å². The summed E-state index contributed by atoms with van der Waals surface area (Å²) < 4.78 is 31.6. The van der Waals surface area contributed by atoms with E-state index in [-0.39, 0.29) is 4.90 Å². The standard InChI is InChI=1S/C10H7BrO3S/c11-9-3-1-8-6-10(15(12,13)14)4-2-7(8)5-9/h1-6H,(H,12,13,14). The van der Waals surface area contributed by atoms with E-state index in [1.54, 1.807) is 12.1 Å². The normalized spacial score (nSPS) is 11.9. The van der Waals surface area contributed by atoms with Crippen LogP contribution in [-0.4, -0.2) is 13.0 Å².